The van der Waals surface area contributed by atoms with Gasteiger partial charge in [-0.3, -0.25) is 14.3 Å². The molecule has 8 nitrogen and oxygen atoms in total. The lowest BCUT2D eigenvalue weighted by atomic mass is 10.1. The van der Waals surface area contributed by atoms with Crippen molar-refractivity contribution in [2.45, 2.75) is 46.8 Å². The van der Waals surface area contributed by atoms with E-state index in [1.54, 1.807) is 46.9 Å². The number of aryl methyl sites for hydroxylation is 2. The number of nitrogens with zero attached hydrogens (tertiary/aromatic N) is 4. The molecule has 0 unspecified atom stereocenters. The molecule has 3 rings (SSSR count). The van der Waals surface area contributed by atoms with Gasteiger partial charge < -0.3 is 15.6 Å². The maximum atomic E-state index is 13.9. The highest BCUT2D eigenvalue weighted by atomic mass is 35.5. The minimum absolute atomic E-state index is 0.0378. The lowest BCUT2D eigenvalue weighted by molar-refractivity contribution is 0.118. The number of aliphatic imine (C=N–C) groups is 1. The van der Waals surface area contributed by atoms with E-state index in [2.05, 4.69) is 15.0 Å². The van der Waals surface area contributed by atoms with Gasteiger partial charge in [0.15, 0.2) is 11.6 Å². The van der Waals surface area contributed by atoms with E-state index in [-0.39, 0.29) is 28.8 Å². The largest absolute Gasteiger partial charge is 0.485 e. The maximum Gasteiger partial charge on any atom is 0.277 e. The number of nitrogens with two attached hydrogens (primary N) is 1. The second kappa shape index (κ2) is 10.5. The zero-order valence-electron chi connectivity index (χ0n) is 20.4. The summed E-state index contributed by atoms with van der Waals surface area (Å²) < 4.78 is 33.9. The predicted octanol–water partition coefficient (Wildman–Crippen LogP) is 4.38. The lowest BCUT2D eigenvalue weighted by Crippen LogP contribution is -2.27. The lowest BCUT2D eigenvalue weighted by Gasteiger charge is -2.18. The van der Waals surface area contributed by atoms with E-state index >= 15 is 0 Å². The highest BCUT2D eigenvalue weighted by Crippen LogP contribution is 2.29. The zero-order chi connectivity index (χ0) is 26.8. The number of hydrogen-bond donors (Lipinski definition) is 2. The summed E-state index contributed by atoms with van der Waals surface area (Å²) in [5.74, 6) is -1.30. The normalized spacial score (nSPS) is 12.4. The second-order valence-electron chi connectivity index (χ2n) is 8.67. The van der Waals surface area contributed by atoms with Crippen molar-refractivity contribution < 1.29 is 18.6 Å². The third-order valence-electron chi connectivity index (χ3n) is 5.37. The Kier molecular flexibility index (Phi) is 7.90. The van der Waals surface area contributed by atoms with Gasteiger partial charge >= 0.3 is 0 Å². The van der Waals surface area contributed by atoms with Gasteiger partial charge in [-0.2, -0.15) is 0 Å². The molecule has 0 aliphatic rings. The van der Waals surface area contributed by atoms with E-state index < -0.39 is 22.8 Å². The zero-order valence-corrected chi connectivity index (χ0v) is 21.2. The fourth-order valence-electron chi connectivity index (χ4n) is 3.34. The van der Waals surface area contributed by atoms with Crippen molar-refractivity contribution in [3.8, 4) is 11.4 Å². The number of aromatic nitrogens is 3. The number of allylic oxidation sites excluding steroid dienone is 1. The van der Waals surface area contributed by atoms with Crippen molar-refractivity contribution in [2.75, 3.05) is 0 Å². The van der Waals surface area contributed by atoms with Gasteiger partial charge in [-0.1, -0.05) is 11.6 Å². The Morgan fingerprint density at radius 2 is 1.94 bits per heavy atom. The molecule has 0 fully saturated rings. The Morgan fingerprint density at radius 1 is 1.25 bits per heavy atom. The monoisotopic (exact) mass is 517 g/mol. The van der Waals surface area contributed by atoms with E-state index in [1.165, 1.54) is 16.9 Å². The first-order valence-electron chi connectivity index (χ1n) is 10.9. The molecule has 0 saturated carbocycles. The van der Waals surface area contributed by atoms with Crippen molar-refractivity contribution in [3.05, 3.63) is 85.8 Å². The molecule has 0 aliphatic heterocycles. The molecule has 0 aliphatic carbocycles. The molecule has 3 aromatic rings. The SMILES string of the molecule is Cc1cnc(N=C/C=C(\N)C(C)(C)O)c(C)c1-n1c(C)cc(OCc2ncc(F)cc2F)c(Cl)c1=O. The topological polar surface area (TPSA) is 116 Å². The first-order valence-corrected chi connectivity index (χ1v) is 11.2. The first-order chi connectivity index (χ1) is 16.8. The van der Waals surface area contributed by atoms with Crippen LogP contribution in [0.5, 0.6) is 5.75 Å². The molecule has 0 aromatic carbocycles. The summed E-state index contributed by atoms with van der Waals surface area (Å²) in [6, 6.07) is 2.24. The van der Waals surface area contributed by atoms with Crippen LogP contribution in [0.2, 0.25) is 5.02 Å². The van der Waals surface area contributed by atoms with Gasteiger partial charge in [0.1, 0.15) is 28.9 Å². The average Bonchev–Trinajstić information content (AvgIpc) is 2.79. The quantitative estimate of drug-likeness (QED) is 0.449. The van der Waals surface area contributed by atoms with Gasteiger partial charge in [0.2, 0.25) is 0 Å². The van der Waals surface area contributed by atoms with Crippen LogP contribution in [0, 0.1) is 32.4 Å². The minimum atomic E-state index is -1.20. The summed E-state index contributed by atoms with van der Waals surface area (Å²) in [7, 11) is 0. The summed E-state index contributed by atoms with van der Waals surface area (Å²) in [5, 5.41) is 9.72. The van der Waals surface area contributed by atoms with Crippen molar-refractivity contribution in [1.82, 2.24) is 14.5 Å². The standard InChI is InChI=1S/C25H26ClF2N5O3/c1-13-10-32-23(30-7-6-20(29)25(4,5)35)15(3)22(13)33-14(2)8-19(21(26)24(33)34)36-12-18-17(28)9-16(27)11-31-18/h6-11,35H,12,29H2,1-5H3/b20-6-,30-7?. The van der Waals surface area contributed by atoms with E-state index in [0.29, 0.717) is 34.4 Å². The van der Waals surface area contributed by atoms with E-state index in [0.717, 1.165) is 6.20 Å². The Labute approximate surface area is 211 Å². The summed E-state index contributed by atoms with van der Waals surface area (Å²) in [6.07, 6.45) is 5.34. The van der Waals surface area contributed by atoms with Crippen molar-refractivity contribution in [3.63, 3.8) is 0 Å². The first kappa shape index (κ1) is 27.0. The number of ether oxygens (including phenoxy) is 1. The van der Waals surface area contributed by atoms with E-state index in [4.69, 9.17) is 22.1 Å². The fourth-order valence-corrected chi connectivity index (χ4v) is 3.54. The molecule has 0 amide bonds. The van der Waals surface area contributed by atoms with Gasteiger partial charge in [0, 0.05) is 41.5 Å². The molecule has 11 heteroatoms. The third-order valence-corrected chi connectivity index (χ3v) is 5.72. The number of halogens is 3. The molecule has 0 spiro atoms. The van der Waals surface area contributed by atoms with E-state index in [9.17, 15) is 18.7 Å². The van der Waals surface area contributed by atoms with Crippen LogP contribution >= 0.6 is 11.6 Å². The molecule has 3 N–H and O–H groups in total. The van der Waals surface area contributed by atoms with Gasteiger partial charge in [-0.15, -0.1) is 0 Å². The van der Waals surface area contributed by atoms with Crippen molar-refractivity contribution in [1.29, 1.82) is 0 Å². The van der Waals surface area contributed by atoms with Crippen LogP contribution in [-0.2, 0) is 6.61 Å². The molecule has 0 atom stereocenters. The Balaban J connectivity index is 1.99. The van der Waals surface area contributed by atoms with Gasteiger partial charge in [-0.25, -0.2) is 18.8 Å². The molecule has 0 bridgehead atoms. The minimum Gasteiger partial charge on any atom is -0.485 e. The van der Waals surface area contributed by atoms with Gasteiger partial charge in [-0.05, 0) is 46.3 Å². The van der Waals surface area contributed by atoms with E-state index in [1.807, 2.05) is 0 Å². The Bertz CT molecular complexity index is 1430. The highest BCUT2D eigenvalue weighted by Gasteiger charge is 2.19. The fraction of sp³-hybridized carbons (Fsp3) is 0.280. The van der Waals surface area contributed by atoms with Crippen LogP contribution in [0.3, 0.4) is 0 Å². The molecule has 3 aromatic heterocycles. The van der Waals surface area contributed by atoms with Crippen molar-refractivity contribution in [2.24, 2.45) is 10.7 Å². The van der Waals surface area contributed by atoms with Crippen LogP contribution in [0.25, 0.3) is 5.69 Å². The molecule has 190 valence electrons. The Hall–Kier alpha value is -3.63. The molecular weight excluding hydrogens is 492 g/mol. The van der Waals surface area contributed by atoms with Crippen LogP contribution in [0.15, 0.2) is 46.1 Å². The third kappa shape index (κ3) is 5.77. The molecule has 3 heterocycles. The smallest absolute Gasteiger partial charge is 0.277 e. The number of pyridine rings is 3. The summed E-state index contributed by atoms with van der Waals surface area (Å²) in [4.78, 5) is 25.6. The average molecular weight is 518 g/mol. The Morgan fingerprint density at radius 3 is 2.58 bits per heavy atom. The summed E-state index contributed by atoms with van der Waals surface area (Å²) in [6.45, 7) is 8.01. The number of aliphatic hydroxyl groups is 1. The summed E-state index contributed by atoms with van der Waals surface area (Å²) >= 11 is 6.33. The number of rotatable bonds is 7. The highest BCUT2D eigenvalue weighted by molar-refractivity contribution is 6.31. The number of hydrogen-bond acceptors (Lipinski definition) is 7. The van der Waals surface area contributed by atoms with Crippen LogP contribution in [-0.4, -0.2) is 31.5 Å². The van der Waals surface area contributed by atoms with Gasteiger partial charge in [0.05, 0.1) is 17.5 Å². The van der Waals surface area contributed by atoms with Crippen molar-refractivity contribution >= 4 is 23.6 Å². The van der Waals surface area contributed by atoms with Crippen LogP contribution in [0.4, 0.5) is 14.6 Å². The molecular formula is C25H26ClF2N5O3. The molecule has 0 radical (unpaired) electrons. The van der Waals surface area contributed by atoms with Crippen LogP contribution in [0.1, 0.15) is 36.4 Å². The molecule has 36 heavy (non-hydrogen) atoms. The second-order valence-corrected chi connectivity index (χ2v) is 9.05. The summed E-state index contributed by atoms with van der Waals surface area (Å²) in [5.41, 5.74) is 6.51. The van der Waals surface area contributed by atoms with Gasteiger partial charge in [0.25, 0.3) is 5.56 Å². The van der Waals surface area contributed by atoms with Crippen LogP contribution < -0.4 is 16.0 Å². The molecule has 0 saturated heterocycles. The predicted molar refractivity (Wildman–Crippen MR) is 134 cm³/mol. The maximum absolute atomic E-state index is 13.9.